The normalized spacial score (nSPS) is 18.2. The van der Waals surface area contributed by atoms with Gasteiger partial charge in [-0.2, -0.15) is 0 Å². The molecule has 6 nitrogen and oxygen atoms in total. The number of aromatic nitrogens is 1. The highest BCUT2D eigenvalue weighted by Gasteiger charge is 2.29. The van der Waals surface area contributed by atoms with E-state index in [0.29, 0.717) is 25.3 Å². The maximum Gasteiger partial charge on any atom is 0.354 e. The van der Waals surface area contributed by atoms with Crippen LogP contribution in [0.25, 0.3) is 0 Å². The lowest BCUT2D eigenvalue weighted by Crippen LogP contribution is -2.38. The number of carbonyl (C=O) groups is 2. The van der Waals surface area contributed by atoms with Gasteiger partial charge in [-0.3, -0.25) is 4.79 Å². The first-order valence-corrected chi connectivity index (χ1v) is 6.71. The van der Waals surface area contributed by atoms with E-state index >= 15 is 0 Å². The van der Waals surface area contributed by atoms with Crippen LogP contribution in [0.2, 0.25) is 0 Å². The number of pyridine rings is 1. The first kappa shape index (κ1) is 14.5. The molecule has 0 radical (unpaired) electrons. The van der Waals surface area contributed by atoms with Crippen LogP contribution in [0.1, 0.15) is 40.6 Å². The molecule has 108 valence electrons. The zero-order chi connectivity index (χ0) is 14.5. The molecule has 1 amide bonds. The van der Waals surface area contributed by atoms with E-state index in [0.717, 1.165) is 12.8 Å². The molecule has 1 aliphatic rings. The molecule has 1 unspecified atom stereocenters. The van der Waals surface area contributed by atoms with Crippen molar-refractivity contribution in [3.05, 3.63) is 29.6 Å². The van der Waals surface area contributed by atoms with Crippen LogP contribution in [-0.2, 0) is 4.74 Å². The van der Waals surface area contributed by atoms with Gasteiger partial charge in [-0.15, -0.1) is 0 Å². The Kier molecular flexibility index (Phi) is 4.68. The Labute approximate surface area is 117 Å². The molecular formula is C14H18N2O4. The van der Waals surface area contributed by atoms with Crippen molar-refractivity contribution in [1.29, 1.82) is 0 Å². The first-order valence-electron chi connectivity index (χ1n) is 6.71. The van der Waals surface area contributed by atoms with Gasteiger partial charge in [0.15, 0.2) is 0 Å². The van der Waals surface area contributed by atoms with Crippen LogP contribution in [0.4, 0.5) is 0 Å². The minimum Gasteiger partial charge on any atom is -0.477 e. The second-order valence-electron chi connectivity index (χ2n) is 4.69. The molecule has 0 saturated carbocycles. The summed E-state index contributed by atoms with van der Waals surface area (Å²) < 4.78 is 5.40. The van der Waals surface area contributed by atoms with E-state index in [1.165, 1.54) is 12.3 Å². The number of amides is 1. The van der Waals surface area contributed by atoms with Gasteiger partial charge in [-0.25, -0.2) is 9.78 Å². The molecule has 1 saturated heterocycles. The number of hydrogen-bond acceptors (Lipinski definition) is 4. The number of carboxylic acid groups (broad SMARTS) is 1. The quantitative estimate of drug-likeness (QED) is 0.881. The van der Waals surface area contributed by atoms with E-state index < -0.39 is 5.97 Å². The average molecular weight is 278 g/mol. The lowest BCUT2D eigenvalue weighted by Gasteiger charge is -2.24. The highest BCUT2D eigenvalue weighted by Crippen LogP contribution is 2.20. The third kappa shape index (κ3) is 3.14. The maximum absolute atomic E-state index is 12.4. The zero-order valence-corrected chi connectivity index (χ0v) is 11.4. The smallest absolute Gasteiger partial charge is 0.354 e. The van der Waals surface area contributed by atoms with Crippen molar-refractivity contribution < 1.29 is 19.4 Å². The van der Waals surface area contributed by atoms with Crippen molar-refractivity contribution in [2.75, 3.05) is 19.8 Å². The minimum atomic E-state index is -1.13. The van der Waals surface area contributed by atoms with Crippen molar-refractivity contribution in [3.8, 4) is 0 Å². The summed E-state index contributed by atoms with van der Waals surface area (Å²) in [5.41, 5.74) is 0.247. The van der Waals surface area contributed by atoms with Crippen LogP contribution in [-0.4, -0.2) is 52.7 Å². The zero-order valence-electron chi connectivity index (χ0n) is 11.4. The van der Waals surface area contributed by atoms with Crippen LogP contribution in [0.3, 0.4) is 0 Å². The van der Waals surface area contributed by atoms with Crippen LogP contribution >= 0.6 is 0 Å². The van der Waals surface area contributed by atoms with Gasteiger partial charge in [0, 0.05) is 24.9 Å². The summed E-state index contributed by atoms with van der Waals surface area (Å²) in [5.74, 6) is -1.29. The molecule has 0 spiro atoms. The molecular weight excluding hydrogens is 260 g/mol. The SMILES string of the molecule is CCOCC1CCCN1C(=O)c1ccnc(C(=O)O)c1. The van der Waals surface area contributed by atoms with E-state index in [9.17, 15) is 9.59 Å². The van der Waals surface area contributed by atoms with Crippen molar-refractivity contribution in [3.63, 3.8) is 0 Å². The number of nitrogens with zero attached hydrogens (tertiary/aromatic N) is 2. The lowest BCUT2D eigenvalue weighted by molar-refractivity contribution is 0.0564. The van der Waals surface area contributed by atoms with Gasteiger partial charge in [0.1, 0.15) is 5.69 Å². The Balaban J connectivity index is 2.13. The molecule has 1 N–H and O–H groups in total. The third-order valence-electron chi connectivity index (χ3n) is 3.38. The molecule has 0 aromatic carbocycles. The fourth-order valence-electron chi connectivity index (χ4n) is 2.38. The minimum absolute atomic E-state index is 0.0730. The van der Waals surface area contributed by atoms with E-state index in [2.05, 4.69) is 4.98 Å². The number of carbonyl (C=O) groups excluding carboxylic acids is 1. The average Bonchev–Trinajstić information content (AvgIpc) is 2.92. The Morgan fingerprint density at radius 2 is 2.35 bits per heavy atom. The fourth-order valence-corrected chi connectivity index (χ4v) is 2.38. The van der Waals surface area contributed by atoms with E-state index in [1.54, 1.807) is 11.0 Å². The Morgan fingerprint density at radius 3 is 3.05 bits per heavy atom. The van der Waals surface area contributed by atoms with Crippen molar-refractivity contribution in [1.82, 2.24) is 9.88 Å². The third-order valence-corrected chi connectivity index (χ3v) is 3.38. The van der Waals surface area contributed by atoms with E-state index in [-0.39, 0.29) is 17.6 Å². The number of likely N-dealkylation sites (tertiary alicyclic amines) is 1. The monoisotopic (exact) mass is 278 g/mol. The summed E-state index contributed by atoms with van der Waals surface area (Å²) in [5, 5.41) is 8.92. The number of carboxylic acids is 1. The molecule has 1 fully saturated rings. The van der Waals surface area contributed by atoms with E-state index in [4.69, 9.17) is 9.84 Å². The summed E-state index contributed by atoms with van der Waals surface area (Å²) in [7, 11) is 0. The number of hydrogen-bond donors (Lipinski definition) is 1. The largest absolute Gasteiger partial charge is 0.477 e. The predicted molar refractivity (Wildman–Crippen MR) is 71.7 cm³/mol. The van der Waals surface area contributed by atoms with Crippen LogP contribution < -0.4 is 0 Å². The van der Waals surface area contributed by atoms with Gasteiger partial charge in [0.25, 0.3) is 5.91 Å². The molecule has 20 heavy (non-hydrogen) atoms. The van der Waals surface area contributed by atoms with Crippen molar-refractivity contribution in [2.24, 2.45) is 0 Å². The predicted octanol–water partition coefficient (Wildman–Crippen LogP) is 1.42. The van der Waals surface area contributed by atoms with E-state index in [1.807, 2.05) is 6.92 Å². The Bertz CT molecular complexity index is 504. The molecule has 1 aromatic rings. The number of ether oxygens (including phenoxy) is 1. The molecule has 1 atom stereocenters. The summed E-state index contributed by atoms with van der Waals surface area (Å²) in [6.45, 7) is 3.75. The topological polar surface area (TPSA) is 79.7 Å². The highest BCUT2D eigenvalue weighted by molar-refractivity contribution is 5.96. The van der Waals surface area contributed by atoms with Gasteiger partial charge >= 0.3 is 5.97 Å². The van der Waals surface area contributed by atoms with Gasteiger partial charge < -0.3 is 14.7 Å². The van der Waals surface area contributed by atoms with Gasteiger partial charge in [0.2, 0.25) is 0 Å². The van der Waals surface area contributed by atoms with Gasteiger partial charge in [-0.1, -0.05) is 0 Å². The van der Waals surface area contributed by atoms with Crippen LogP contribution in [0.5, 0.6) is 0 Å². The molecule has 0 aliphatic carbocycles. The second-order valence-corrected chi connectivity index (χ2v) is 4.69. The first-order chi connectivity index (χ1) is 9.63. The summed E-state index contributed by atoms with van der Waals surface area (Å²) in [6.07, 6.45) is 3.22. The highest BCUT2D eigenvalue weighted by atomic mass is 16.5. The number of aromatic carboxylic acids is 1. The van der Waals surface area contributed by atoms with Crippen LogP contribution in [0, 0.1) is 0 Å². The molecule has 2 heterocycles. The number of rotatable bonds is 5. The standard InChI is InChI=1S/C14H18N2O4/c1-2-20-9-11-4-3-7-16(11)13(17)10-5-6-15-12(8-10)14(18)19/h5-6,8,11H,2-4,7,9H2,1H3,(H,18,19). The lowest BCUT2D eigenvalue weighted by atomic mass is 10.1. The van der Waals surface area contributed by atoms with Crippen molar-refractivity contribution >= 4 is 11.9 Å². The Hall–Kier alpha value is -1.95. The second kappa shape index (κ2) is 6.47. The molecule has 0 bridgehead atoms. The van der Waals surface area contributed by atoms with Crippen LogP contribution in [0.15, 0.2) is 18.3 Å². The molecule has 6 heteroatoms. The summed E-state index contributed by atoms with van der Waals surface area (Å²) in [6, 6.07) is 2.94. The molecule has 2 rings (SSSR count). The van der Waals surface area contributed by atoms with Crippen molar-refractivity contribution in [2.45, 2.75) is 25.8 Å². The Morgan fingerprint density at radius 1 is 1.55 bits per heavy atom. The van der Waals surface area contributed by atoms with Gasteiger partial charge in [-0.05, 0) is 31.9 Å². The summed E-state index contributed by atoms with van der Waals surface area (Å²) in [4.78, 5) is 28.8. The molecule has 1 aliphatic heterocycles. The maximum atomic E-state index is 12.4. The fraction of sp³-hybridized carbons (Fsp3) is 0.500. The summed E-state index contributed by atoms with van der Waals surface area (Å²) >= 11 is 0. The molecule has 1 aromatic heterocycles. The van der Waals surface area contributed by atoms with Gasteiger partial charge in [0.05, 0.1) is 12.6 Å².